The van der Waals surface area contributed by atoms with Crippen LogP contribution in [0.4, 0.5) is 0 Å². The van der Waals surface area contributed by atoms with Crippen molar-refractivity contribution >= 4 is 21.8 Å². The molecule has 1 unspecified atom stereocenters. The van der Waals surface area contributed by atoms with Gasteiger partial charge in [-0.2, -0.15) is 0 Å². The molecule has 0 aromatic heterocycles. The summed E-state index contributed by atoms with van der Waals surface area (Å²) in [6.45, 7) is 2.57. The molecule has 0 bridgehead atoms. The number of benzene rings is 1. The first kappa shape index (κ1) is 16.9. The topological polar surface area (TPSA) is 44.4 Å². The van der Waals surface area contributed by atoms with E-state index in [0.717, 1.165) is 32.4 Å². The lowest BCUT2D eigenvalue weighted by Crippen LogP contribution is -2.49. The highest BCUT2D eigenvalue weighted by Crippen LogP contribution is 2.25. The number of likely N-dealkylation sites (tertiary alicyclic amines) is 1. The highest BCUT2D eigenvalue weighted by atomic mass is 79.9. The summed E-state index contributed by atoms with van der Waals surface area (Å²) in [5, 5.41) is 6.57. The van der Waals surface area contributed by atoms with Gasteiger partial charge in [0, 0.05) is 36.7 Å². The van der Waals surface area contributed by atoms with Crippen molar-refractivity contribution in [1.29, 1.82) is 0 Å². The lowest BCUT2D eigenvalue weighted by molar-refractivity contribution is -0.122. The van der Waals surface area contributed by atoms with E-state index in [1.165, 1.54) is 28.4 Å². The molecule has 1 aromatic carbocycles. The number of nitrogens with zero attached hydrogens (tertiary/aromatic N) is 1. The highest BCUT2D eigenvalue weighted by molar-refractivity contribution is 9.10. The van der Waals surface area contributed by atoms with Gasteiger partial charge >= 0.3 is 0 Å². The highest BCUT2D eigenvalue weighted by Gasteiger charge is 2.25. The quantitative estimate of drug-likeness (QED) is 0.841. The Morgan fingerprint density at radius 3 is 2.74 bits per heavy atom. The van der Waals surface area contributed by atoms with Gasteiger partial charge in [0.05, 0.1) is 6.54 Å². The smallest absolute Gasteiger partial charge is 0.233 e. The molecule has 0 radical (unpaired) electrons. The summed E-state index contributed by atoms with van der Waals surface area (Å²) in [5.41, 5.74) is 2.99. The average molecular weight is 380 g/mol. The van der Waals surface area contributed by atoms with Crippen molar-refractivity contribution in [1.82, 2.24) is 15.5 Å². The number of amides is 1. The summed E-state index contributed by atoms with van der Waals surface area (Å²) in [7, 11) is 1.70. The molecular weight excluding hydrogens is 354 g/mol. The lowest BCUT2D eigenvalue weighted by Gasteiger charge is -2.35. The van der Waals surface area contributed by atoms with E-state index in [2.05, 4.69) is 49.7 Å². The maximum Gasteiger partial charge on any atom is 0.233 e. The van der Waals surface area contributed by atoms with Gasteiger partial charge in [-0.05, 0) is 55.4 Å². The first-order valence-corrected chi connectivity index (χ1v) is 9.39. The molecule has 0 spiro atoms. The monoisotopic (exact) mass is 379 g/mol. The molecule has 5 heteroatoms. The Bertz CT molecular complexity index is 555. The second-order valence-electron chi connectivity index (χ2n) is 6.74. The number of carbonyl (C=O) groups is 1. The van der Waals surface area contributed by atoms with Crippen LogP contribution in [0.2, 0.25) is 0 Å². The van der Waals surface area contributed by atoms with Crippen LogP contribution in [0.25, 0.3) is 0 Å². The van der Waals surface area contributed by atoms with E-state index in [1.54, 1.807) is 7.05 Å². The molecule has 1 aromatic rings. The van der Waals surface area contributed by atoms with E-state index in [9.17, 15) is 4.79 Å². The van der Waals surface area contributed by atoms with Crippen LogP contribution in [0, 0.1) is 0 Å². The van der Waals surface area contributed by atoms with E-state index in [0.29, 0.717) is 18.6 Å². The Kier molecular flexibility index (Phi) is 5.72. The first-order valence-electron chi connectivity index (χ1n) is 8.60. The fourth-order valence-corrected chi connectivity index (χ4v) is 4.15. The van der Waals surface area contributed by atoms with Crippen molar-refractivity contribution in [3.05, 3.63) is 33.8 Å². The van der Waals surface area contributed by atoms with Crippen LogP contribution in [0.15, 0.2) is 22.7 Å². The minimum absolute atomic E-state index is 0.117. The number of nitrogens with one attached hydrogen (secondary N) is 2. The van der Waals surface area contributed by atoms with Gasteiger partial charge in [0.2, 0.25) is 5.91 Å². The van der Waals surface area contributed by atoms with Crippen molar-refractivity contribution in [3.63, 3.8) is 0 Å². The summed E-state index contributed by atoms with van der Waals surface area (Å²) >= 11 is 3.56. The van der Waals surface area contributed by atoms with E-state index >= 15 is 0 Å². The Hall–Kier alpha value is -0.910. The molecular formula is C18H26BrN3O. The van der Waals surface area contributed by atoms with Gasteiger partial charge in [-0.15, -0.1) is 0 Å². The third-order valence-electron chi connectivity index (χ3n) is 5.10. The fraction of sp³-hybridized carbons (Fsp3) is 0.611. The van der Waals surface area contributed by atoms with Gasteiger partial charge in [-0.1, -0.05) is 22.0 Å². The molecule has 1 fully saturated rings. The Balaban J connectivity index is 1.46. The Labute approximate surface area is 147 Å². The third-order valence-corrected chi connectivity index (χ3v) is 5.60. The van der Waals surface area contributed by atoms with Crippen molar-refractivity contribution in [3.8, 4) is 0 Å². The standard InChI is InChI=1S/C18H26BrN3O/c1-20-18(23)12-22-8-6-16(7-9-22)21-17-5-3-13-10-15(19)4-2-14(13)11-17/h2,4,10,16-17,21H,3,5-9,11-12H2,1H3,(H,20,23). The van der Waals surface area contributed by atoms with Crippen LogP contribution >= 0.6 is 15.9 Å². The van der Waals surface area contributed by atoms with Crippen molar-refractivity contribution < 1.29 is 4.79 Å². The van der Waals surface area contributed by atoms with Crippen molar-refractivity contribution in [2.45, 2.75) is 44.2 Å². The minimum atomic E-state index is 0.117. The zero-order valence-corrected chi connectivity index (χ0v) is 15.4. The summed E-state index contributed by atoms with van der Waals surface area (Å²) in [6, 6.07) is 7.87. The SMILES string of the molecule is CNC(=O)CN1CCC(NC2CCc3cc(Br)ccc3C2)CC1. The number of hydrogen-bond donors (Lipinski definition) is 2. The summed E-state index contributed by atoms with van der Waals surface area (Å²) in [6.07, 6.45) is 5.81. The van der Waals surface area contributed by atoms with Crippen LogP contribution in [0.5, 0.6) is 0 Å². The fourth-order valence-electron chi connectivity index (χ4n) is 3.74. The van der Waals surface area contributed by atoms with Gasteiger partial charge < -0.3 is 10.6 Å². The maximum absolute atomic E-state index is 11.4. The van der Waals surface area contributed by atoms with Gasteiger partial charge in [0.1, 0.15) is 0 Å². The van der Waals surface area contributed by atoms with Crippen molar-refractivity contribution in [2.24, 2.45) is 0 Å². The third kappa shape index (κ3) is 4.55. The zero-order valence-electron chi connectivity index (χ0n) is 13.8. The van der Waals surface area contributed by atoms with Crippen LogP contribution in [0.1, 0.15) is 30.4 Å². The Morgan fingerprint density at radius 2 is 2.00 bits per heavy atom. The molecule has 2 N–H and O–H groups in total. The number of rotatable bonds is 4. The van der Waals surface area contributed by atoms with Crippen LogP contribution in [0.3, 0.4) is 0 Å². The first-order chi connectivity index (χ1) is 11.1. The number of likely N-dealkylation sites (N-methyl/N-ethyl adjacent to an activating group) is 1. The molecule has 1 amide bonds. The molecule has 1 saturated heterocycles. The molecule has 4 nitrogen and oxygen atoms in total. The van der Waals surface area contributed by atoms with E-state index in [-0.39, 0.29) is 5.91 Å². The molecule has 0 saturated carbocycles. The summed E-state index contributed by atoms with van der Waals surface area (Å²) in [5.74, 6) is 0.117. The number of aryl methyl sites for hydroxylation is 1. The maximum atomic E-state index is 11.4. The van der Waals surface area contributed by atoms with Gasteiger partial charge in [0.15, 0.2) is 0 Å². The second kappa shape index (κ2) is 7.77. The molecule has 1 aliphatic heterocycles. The lowest BCUT2D eigenvalue weighted by atomic mass is 9.87. The zero-order chi connectivity index (χ0) is 16.2. The number of halogens is 1. The minimum Gasteiger partial charge on any atom is -0.358 e. The molecule has 3 rings (SSSR count). The number of piperidine rings is 1. The van der Waals surface area contributed by atoms with Gasteiger partial charge in [-0.3, -0.25) is 9.69 Å². The summed E-state index contributed by atoms with van der Waals surface area (Å²) in [4.78, 5) is 13.7. The van der Waals surface area contributed by atoms with Gasteiger partial charge in [0.25, 0.3) is 0 Å². The molecule has 2 aliphatic rings. The average Bonchev–Trinajstić information content (AvgIpc) is 2.56. The molecule has 1 heterocycles. The van der Waals surface area contributed by atoms with Crippen LogP contribution in [-0.2, 0) is 17.6 Å². The van der Waals surface area contributed by atoms with Crippen LogP contribution in [-0.4, -0.2) is 49.6 Å². The molecule has 1 aliphatic carbocycles. The molecule has 1 atom stereocenters. The predicted molar refractivity (Wildman–Crippen MR) is 96.6 cm³/mol. The van der Waals surface area contributed by atoms with Gasteiger partial charge in [-0.25, -0.2) is 0 Å². The van der Waals surface area contributed by atoms with E-state index in [1.807, 2.05) is 0 Å². The molecule has 126 valence electrons. The largest absolute Gasteiger partial charge is 0.358 e. The normalized spacial score (nSPS) is 22.6. The van der Waals surface area contributed by atoms with E-state index in [4.69, 9.17) is 0 Å². The van der Waals surface area contributed by atoms with Crippen LogP contribution < -0.4 is 10.6 Å². The number of carbonyl (C=O) groups excluding carboxylic acids is 1. The number of fused-ring (bicyclic) bond motifs is 1. The number of hydrogen-bond acceptors (Lipinski definition) is 3. The second-order valence-corrected chi connectivity index (χ2v) is 7.66. The van der Waals surface area contributed by atoms with E-state index < -0.39 is 0 Å². The molecule has 23 heavy (non-hydrogen) atoms. The van der Waals surface area contributed by atoms with Crippen molar-refractivity contribution in [2.75, 3.05) is 26.7 Å². The predicted octanol–water partition coefficient (Wildman–Crippen LogP) is 2.11. The Morgan fingerprint density at radius 1 is 1.22 bits per heavy atom. The summed E-state index contributed by atoms with van der Waals surface area (Å²) < 4.78 is 1.19.